The molecule has 1 atom stereocenters. The van der Waals surface area contributed by atoms with Crippen molar-refractivity contribution in [2.75, 3.05) is 13.7 Å². The molecule has 0 saturated heterocycles. The lowest BCUT2D eigenvalue weighted by Crippen LogP contribution is -2.22. The second kappa shape index (κ2) is 7.30. The van der Waals surface area contributed by atoms with E-state index in [0.29, 0.717) is 36.3 Å². The predicted molar refractivity (Wildman–Crippen MR) is 117 cm³/mol. The summed E-state index contributed by atoms with van der Waals surface area (Å²) < 4.78 is 20.2. The van der Waals surface area contributed by atoms with Gasteiger partial charge in [-0.1, -0.05) is 18.2 Å². The highest BCUT2D eigenvalue weighted by molar-refractivity contribution is 5.75. The Morgan fingerprint density at radius 2 is 2.00 bits per heavy atom. The number of pyridine rings is 1. The van der Waals surface area contributed by atoms with Gasteiger partial charge >= 0.3 is 0 Å². The molecular formula is C25H23N3O3. The summed E-state index contributed by atoms with van der Waals surface area (Å²) in [6.07, 6.45) is 6.07. The largest absolute Gasteiger partial charge is 0.493 e. The standard InChI is InChI=1S/C25H23N3O3/c1-29-22-10-16(13-28-15-27-20-4-2-3-5-21(20)28)11-23-25(22)31-24(14-30-23)18-8-9-19(26-12-18)17-6-7-17/h2-5,8-12,15,17,24H,6-7,13-14H2,1H3. The second-order valence-electron chi connectivity index (χ2n) is 8.19. The van der Waals surface area contributed by atoms with Crippen LogP contribution in [-0.4, -0.2) is 28.3 Å². The number of aromatic nitrogens is 3. The molecule has 6 heteroatoms. The third-order valence-electron chi connectivity index (χ3n) is 6.01. The minimum absolute atomic E-state index is 0.203. The molecule has 3 heterocycles. The van der Waals surface area contributed by atoms with Crippen LogP contribution in [0.3, 0.4) is 0 Å². The fourth-order valence-electron chi connectivity index (χ4n) is 4.16. The number of benzene rings is 2. The Morgan fingerprint density at radius 3 is 2.81 bits per heavy atom. The minimum atomic E-state index is -0.203. The molecular weight excluding hydrogens is 390 g/mol. The van der Waals surface area contributed by atoms with Gasteiger partial charge in [-0.15, -0.1) is 0 Å². The van der Waals surface area contributed by atoms with Crippen molar-refractivity contribution in [2.45, 2.75) is 31.4 Å². The number of para-hydroxylation sites is 2. The van der Waals surface area contributed by atoms with Crippen molar-refractivity contribution in [2.24, 2.45) is 0 Å². The number of ether oxygens (including phenoxy) is 3. The zero-order valence-corrected chi connectivity index (χ0v) is 17.3. The van der Waals surface area contributed by atoms with Gasteiger partial charge in [0, 0.05) is 29.9 Å². The molecule has 1 unspecified atom stereocenters. The smallest absolute Gasteiger partial charge is 0.204 e. The molecule has 0 radical (unpaired) electrons. The van der Waals surface area contributed by atoms with Crippen molar-refractivity contribution in [1.29, 1.82) is 0 Å². The summed E-state index contributed by atoms with van der Waals surface area (Å²) in [5, 5.41) is 0. The molecule has 156 valence electrons. The van der Waals surface area contributed by atoms with Crippen molar-refractivity contribution >= 4 is 11.0 Å². The summed E-state index contributed by atoms with van der Waals surface area (Å²) >= 11 is 0. The van der Waals surface area contributed by atoms with Crippen molar-refractivity contribution in [3.8, 4) is 17.2 Å². The second-order valence-corrected chi connectivity index (χ2v) is 8.19. The molecule has 1 aliphatic carbocycles. The summed E-state index contributed by atoms with van der Waals surface area (Å²) in [6.45, 7) is 1.11. The molecule has 1 fully saturated rings. The summed E-state index contributed by atoms with van der Waals surface area (Å²) in [5.74, 6) is 2.66. The first-order valence-corrected chi connectivity index (χ1v) is 10.6. The number of rotatable bonds is 5. The van der Waals surface area contributed by atoms with E-state index in [9.17, 15) is 0 Å². The Bertz CT molecular complexity index is 1230. The quantitative estimate of drug-likeness (QED) is 0.467. The summed E-state index contributed by atoms with van der Waals surface area (Å²) in [6, 6.07) is 16.4. The van der Waals surface area contributed by atoms with Crippen LogP contribution >= 0.6 is 0 Å². The van der Waals surface area contributed by atoms with Crippen LogP contribution < -0.4 is 14.2 Å². The number of hydrogen-bond acceptors (Lipinski definition) is 5. The number of nitrogens with zero attached hydrogens (tertiary/aromatic N) is 3. The lowest BCUT2D eigenvalue weighted by Gasteiger charge is -2.28. The van der Waals surface area contributed by atoms with Gasteiger partial charge in [0.05, 0.1) is 24.5 Å². The molecule has 4 aromatic rings. The van der Waals surface area contributed by atoms with Gasteiger partial charge < -0.3 is 18.8 Å². The van der Waals surface area contributed by atoms with Crippen molar-refractivity contribution < 1.29 is 14.2 Å². The van der Waals surface area contributed by atoms with Gasteiger partial charge in [0.1, 0.15) is 6.61 Å². The third-order valence-corrected chi connectivity index (χ3v) is 6.01. The Labute approximate surface area is 180 Å². The lowest BCUT2D eigenvalue weighted by molar-refractivity contribution is 0.0867. The van der Waals surface area contributed by atoms with Gasteiger partial charge in [-0.2, -0.15) is 0 Å². The average Bonchev–Trinajstić information content (AvgIpc) is 3.60. The number of hydrogen-bond donors (Lipinski definition) is 0. The molecule has 1 saturated carbocycles. The molecule has 0 bridgehead atoms. The Balaban J connectivity index is 1.27. The SMILES string of the molecule is COc1cc(Cn2cnc3ccccc32)cc2c1OC(c1ccc(C3CC3)nc1)CO2. The summed E-state index contributed by atoms with van der Waals surface area (Å²) in [7, 11) is 1.66. The highest BCUT2D eigenvalue weighted by Crippen LogP contribution is 2.45. The summed E-state index contributed by atoms with van der Waals surface area (Å²) in [5.41, 5.74) is 5.34. The van der Waals surface area contributed by atoms with E-state index in [0.717, 1.165) is 22.2 Å². The highest BCUT2D eigenvalue weighted by Gasteiger charge is 2.28. The molecule has 2 aliphatic rings. The molecule has 1 aliphatic heterocycles. The van der Waals surface area contributed by atoms with Gasteiger partial charge in [0.2, 0.25) is 5.75 Å². The van der Waals surface area contributed by atoms with Gasteiger partial charge in [0.25, 0.3) is 0 Å². The van der Waals surface area contributed by atoms with Crippen LogP contribution in [0, 0.1) is 0 Å². The highest BCUT2D eigenvalue weighted by atomic mass is 16.6. The van der Waals surface area contributed by atoms with Crippen molar-refractivity contribution in [1.82, 2.24) is 14.5 Å². The van der Waals surface area contributed by atoms with E-state index in [2.05, 4.69) is 32.7 Å². The van der Waals surface area contributed by atoms with E-state index in [1.54, 1.807) is 7.11 Å². The van der Waals surface area contributed by atoms with Crippen LogP contribution in [0.4, 0.5) is 0 Å². The fraction of sp³-hybridized carbons (Fsp3) is 0.280. The number of methoxy groups -OCH3 is 1. The van der Waals surface area contributed by atoms with Crippen LogP contribution in [0.1, 0.15) is 41.7 Å². The molecule has 6 nitrogen and oxygen atoms in total. The van der Waals surface area contributed by atoms with E-state index in [-0.39, 0.29) is 6.10 Å². The first-order valence-electron chi connectivity index (χ1n) is 10.6. The van der Waals surface area contributed by atoms with Crippen molar-refractivity contribution in [3.05, 3.63) is 77.9 Å². The molecule has 0 spiro atoms. The third kappa shape index (κ3) is 3.38. The maximum Gasteiger partial charge on any atom is 0.204 e. The van der Waals surface area contributed by atoms with E-state index < -0.39 is 0 Å². The first kappa shape index (κ1) is 18.2. The van der Waals surface area contributed by atoms with Gasteiger partial charge in [-0.05, 0) is 48.7 Å². The molecule has 0 amide bonds. The van der Waals surface area contributed by atoms with Gasteiger partial charge in [-0.3, -0.25) is 4.98 Å². The van der Waals surface area contributed by atoms with Crippen LogP contribution in [0.25, 0.3) is 11.0 Å². The van der Waals surface area contributed by atoms with Crippen LogP contribution in [0.2, 0.25) is 0 Å². The van der Waals surface area contributed by atoms with E-state index in [1.165, 1.54) is 18.5 Å². The van der Waals surface area contributed by atoms with Crippen LogP contribution in [-0.2, 0) is 6.54 Å². The predicted octanol–water partition coefficient (Wildman–Crippen LogP) is 4.88. The maximum atomic E-state index is 6.31. The van der Waals surface area contributed by atoms with Gasteiger partial charge in [-0.25, -0.2) is 4.98 Å². The normalized spacial score (nSPS) is 17.6. The molecule has 31 heavy (non-hydrogen) atoms. The molecule has 2 aromatic heterocycles. The van der Waals surface area contributed by atoms with Crippen LogP contribution in [0.15, 0.2) is 61.1 Å². The van der Waals surface area contributed by atoms with Crippen LogP contribution in [0.5, 0.6) is 17.2 Å². The topological polar surface area (TPSA) is 58.4 Å². The average molecular weight is 413 g/mol. The van der Waals surface area contributed by atoms with E-state index in [1.807, 2.05) is 42.9 Å². The van der Waals surface area contributed by atoms with E-state index >= 15 is 0 Å². The monoisotopic (exact) mass is 413 g/mol. The lowest BCUT2D eigenvalue weighted by atomic mass is 10.1. The molecule has 6 rings (SSSR count). The zero-order valence-electron chi connectivity index (χ0n) is 17.3. The van der Waals surface area contributed by atoms with Crippen molar-refractivity contribution in [3.63, 3.8) is 0 Å². The Kier molecular flexibility index (Phi) is 4.30. The number of fused-ring (bicyclic) bond motifs is 2. The Hall–Kier alpha value is -3.54. The molecule has 0 N–H and O–H groups in total. The van der Waals surface area contributed by atoms with Gasteiger partial charge in [0.15, 0.2) is 17.6 Å². The number of imidazole rings is 1. The minimum Gasteiger partial charge on any atom is -0.493 e. The fourth-order valence-corrected chi connectivity index (χ4v) is 4.16. The first-order chi connectivity index (χ1) is 15.3. The maximum absolute atomic E-state index is 6.31. The zero-order chi connectivity index (χ0) is 20.8. The Morgan fingerprint density at radius 1 is 1.10 bits per heavy atom. The van der Waals surface area contributed by atoms with E-state index in [4.69, 9.17) is 14.2 Å². The molecule has 2 aromatic carbocycles. The summed E-state index contributed by atoms with van der Waals surface area (Å²) in [4.78, 5) is 9.10.